The Kier molecular flexibility index (Phi) is 4.19. The molecule has 1 aliphatic heterocycles. The summed E-state index contributed by atoms with van der Waals surface area (Å²) in [6.07, 6.45) is 4.61. The lowest BCUT2D eigenvalue weighted by molar-refractivity contribution is 0.153. The summed E-state index contributed by atoms with van der Waals surface area (Å²) in [5.41, 5.74) is 5.49. The van der Waals surface area contributed by atoms with E-state index in [-0.39, 0.29) is 11.7 Å². The van der Waals surface area contributed by atoms with Crippen LogP contribution in [0, 0.1) is 6.92 Å². The van der Waals surface area contributed by atoms with Crippen LogP contribution in [0.25, 0.3) is 32.8 Å². The van der Waals surface area contributed by atoms with Crippen molar-refractivity contribution in [3.8, 4) is 0 Å². The summed E-state index contributed by atoms with van der Waals surface area (Å²) in [6.45, 7) is 9.14. The number of rotatable bonds is 3. The fourth-order valence-electron chi connectivity index (χ4n) is 5.81. The van der Waals surface area contributed by atoms with Gasteiger partial charge in [-0.25, -0.2) is 0 Å². The second-order valence-corrected chi connectivity index (χ2v) is 9.65. The SMILES string of the molecule is Cc1ccc2oc3ccccc3c2c1C(C)(C)N1C=CN(c2cc3ccccc3n2C)[C@H]1C. The molecule has 3 heterocycles. The maximum Gasteiger partial charge on any atom is 0.135 e. The summed E-state index contributed by atoms with van der Waals surface area (Å²) in [4.78, 5) is 4.83. The molecular formula is C29H29N3O. The predicted octanol–water partition coefficient (Wildman–Crippen LogP) is 7.26. The molecular weight excluding hydrogens is 406 g/mol. The number of para-hydroxylation sites is 2. The Bertz CT molecular complexity index is 1550. The monoisotopic (exact) mass is 435 g/mol. The van der Waals surface area contributed by atoms with E-state index in [4.69, 9.17) is 4.42 Å². The first-order valence-corrected chi connectivity index (χ1v) is 11.6. The number of furan rings is 1. The molecule has 0 fully saturated rings. The van der Waals surface area contributed by atoms with Crippen molar-refractivity contribution in [3.63, 3.8) is 0 Å². The molecule has 5 aromatic rings. The van der Waals surface area contributed by atoms with Gasteiger partial charge in [-0.2, -0.15) is 0 Å². The molecule has 0 saturated heterocycles. The zero-order valence-electron chi connectivity index (χ0n) is 19.8. The highest BCUT2D eigenvalue weighted by Gasteiger charge is 2.38. The summed E-state index contributed by atoms with van der Waals surface area (Å²) < 4.78 is 8.50. The molecule has 0 unspecified atom stereocenters. The van der Waals surface area contributed by atoms with Crippen LogP contribution < -0.4 is 4.90 Å². The second-order valence-electron chi connectivity index (χ2n) is 9.65. The third-order valence-corrected chi connectivity index (χ3v) is 7.39. The third kappa shape index (κ3) is 2.76. The van der Waals surface area contributed by atoms with Crippen molar-refractivity contribution in [3.05, 3.63) is 90.3 Å². The molecule has 1 atom stereocenters. The van der Waals surface area contributed by atoms with Gasteiger partial charge in [-0.15, -0.1) is 0 Å². The Labute approximate surface area is 194 Å². The van der Waals surface area contributed by atoms with Crippen LogP contribution in [0.3, 0.4) is 0 Å². The van der Waals surface area contributed by atoms with Crippen molar-refractivity contribution in [1.82, 2.24) is 9.47 Å². The summed E-state index contributed by atoms with van der Waals surface area (Å²) in [7, 11) is 2.15. The van der Waals surface area contributed by atoms with E-state index in [1.807, 2.05) is 6.07 Å². The van der Waals surface area contributed by atoms with E-state index in [0.29, 0.717) is 0 Å². The van der Waals surface area contributed by atoms with Crippen molar-refractivity contribution in [2.75, 3.05) is 4.90 Å². The molecule has 4 nitrogen and oxygen atoms in total. The Morgan fingerprint density at radius 3 is 2.45 bits per heavy atom. The standard InChI is InChI=1S/C29H29N3O/c1-19-14-15-25-27(22-11-7-9-13-24(22)33-25)28(19)29(3,4)32-17-16-31(20(32)2)26-18-21-10-6-8-12-23(21)30(26)5/h6-18,20H,1-5H3/t20-/m1/s1. The zero-order valence-corrected chi connectivity index (χ0v) is 19.8. The summed E-state index contributed by atoms with van der Waals surface area (Å²) >= 11 is 0. The highest BCUT2D eigenvalue weighted by Crippen LogP contribution is 2.43. The Morgan fingerprint density at radius 2 is 1.64 bits per heavy atom. The third-order valence-electron chi connectivity index (χ3n) is 7.39. The maximum atomic E-state index is 6.22. The Morgan fingerprint density at radius 1 is 0.879 bits per heavy atom. The van der Waals surface area contributed by atoms with Gasteiger partial charge in [-0.3, -0.25) is 0 Å². The lowest BCUT2D eigenvalue weighted by atomic mass is 9.85. The molecule has 3 aromatic carbocycles. The molecule has 0 spiro atoms. The van der Waals surface area contributed by atoms with E-state index in [2.05, 4.69) is 122 Å². The molecule has 1 aliphatic rings. The molecule has 0 bridgehead atoms. The van der Waals surface area contributed by atoms with Crippen LogP contribution in [-0.4, -0.2) is 15.6 Å². The second kappa shape index (κ2) is 6.92. The van der Waals surface area contributed by atoms with Crippen LogP contribution in [0.15, 0.2) is 83.5 Å². The number of hydrogen-bond donors (Lipinski definition) is 0. The van der Waals surface area contributed by atoms with E-state index in [9.17, 15) is 0 Å². The van der Waals surface area contributed by atoms with Crippen LogP contribution in [-0.2, 0) is 12.6 Å². The average molecular weight is 436 g/mol. The van der Waals surface area contributed by atoms with Gasteiger partial charge < -0.3 is 18.8 Å². The van der Waals surface area contributed by atoms with Crippen molar-refractivity contribution >= 4 is 38.7 Å². The minimum atomic E-state index is -0.245. The van der Waals surface area contributed by atoms with Gasteiger partial charge in [0.2, 0.25) is 0 Å². The number of aromatic nitrogens is 1. The summed E-state index contributed by atoms with van der Waals surface area (Å²) in [5.74, 6) is 1.20. The van der Waals surface area contributed by atoms with Crippen LogP contribution in [0.2, 0.25) is 0 Å². The molecule has 0 saturated carbocycles. The lowest BCUT2D eigenvalue weighted by Crippen LogP contribution is -2.46. The van der Waals surface area contributed by atoms with E-state index in [0.717, 1.165) is 11.2 Å². The minimum Gasteiger partial charge on any atom is -0.456 e. The van der Waals surface area contributed by atoms with Gasteiger partial charge in [-0.05, 0) is 63.1 Å². The van der Waals surface area contributed by atoms with Gasteiger partial charge in [0.05, 0.1) is 5.54 Å². The van der Waals surface area contributed by atoms with Gasteiger partial charge in [-0.1, -0.05) is 42.5 Å². The first kappa shape index (κ1) is 20.0. The van der Waals surface area contributed by atoms with E-state index in [1.54, 1.807) is 0 Å². The maximum absolute atomic E-state index is 6.22. The molecule has 4 heteroatoms. The van der Waals surface area contributed by atoms with Gasteiger partial charge in [0, 0.05) is 41.1 Å². The molecule has 33 heavy (non-hydrogen) atoms. The average Bonchev–Trinajstić information content (AvgIpc) is 3.47. The lowest BCUT2D eigenvalue weighted by Gasteiger charge is -2.42. The first-order chi connectivity index (χ1) is 15.9. The van der Waals surface area contributed by atoms with Gasteiger partial charge in [0.1, 0.15) is 23.1 Å². The number of anilines is 1. The fraction of sp³-hybridized carbons (Fsp3) is 0.241. The van der Waals surface area contributed by atoms with Crippen LogP contribution >= 0.6 is 0 Å². The first-order valence-electron chi connectivity index (χ1n) is 11.6. The van der Waals surface area contributed by atoms with Gasteiger partial charge >= 0.3 is 0 Å². The number of fused-ring (bicyclic) bond motifs is 4. The largest absolute Gasteiger partial charge is 0.456 e. The summed E-state index contributed by atoms with van der Waals surface area (Å²) in [5, 5.41) is 3.67. The molecule has 0 amide bonds. The molecule has 0 aliphatic carbocycles. The van der Waals surface area contributed by atoms with Crippen molar-refractivity contribution in [2.24, 2.45) is 7.05 Å². The number of nitrogens with zero attached hydrogens (tertiary/aromatic N) is 3. The van der Waals surface area contributed by atoms with Crippen molar-refractivity contribution < 1.29 is 4.42 Å². The highest BCUT2D eigenvalue weighted by atomic mass is 16.3. The van der Waals surface area contributed by atoms with Crippen LogP contribution in [0.4, 0.5) is 5.82 Å². The quantitative estimate of drug-likeness (QED) is 0.298. The fourth-order valence-corrected chi connectivity index (χ4v) is 5.81. The minimum absolute atomic E-state index is 0.163. The van der Waals surface area contributed by atoms with Crippen LogP contribution in [0.5, 0.6) is 0 Å². The highest BCUT2D eigenvalue weighted by molar-refractivity contribution is 6.07. The van der Waals surface area contributed by atoms with Gasteiger partial charge in [0.15, 0.2) is 0 Å². The van der Waals surface area contributed by atoms with Crippen molar-refractivity contribution in [1.29, 1.82) is 0 Å². The molecule has 0 radical (unpaired) electrons. The van der Waals surface area contributed by atoms with Crippen LogP contribution in [0.1, 0.15) is 31.9 Å². The van der Waals surface area contributed by atoms with Crippen molar-refractivity contribution in [2.45, 2.75) is 39.4 Å². The summed E-state index contributed by atoms with van der Waals surface area (Å²) in [6, 6.07) is 23.5. The number of hydrogen-bond acceptors (Lipinski definition) is 3. The molecule has 166 valence electrons. The normalized spacial score (nSPS) is 16.7. The molecule has 6 rings (SSSR count). The smallest absolute Gasteiger partial charge is 0.135 e. The number of aryl methyl sites for hydroxylation is 2. The Hall–Kier alpha value is -3.66. The number of benzene rings is 3. The molecule has 0 N–H and O–H groups in total. The molecule has 2 aromatic heterocycles. The zero-order chi connectivity index (χ0) is 22.9. The van der Waals surface area contributed by atoms with Gasteiger partial charge in [0.25, 0.3) is 0 Å². The topological polar surface area (TPSA) is 24.6 Å². The van der Waals surface area contributed by atoms with E-state index >= 15 is 0 Å². The van der Waals surface area contributed by atoms with E-state index < -0.39 is 0 Å². The van der Waals surface area contributed by atoms with E-state index in [1.165, 1.54) is 38.6 Å². The Balaban J connectivity index is 1.46. The predicted molar refractivity (Wildman–Crippen MR) is 137 cm³/mol.